The number of hydrogen-bond donors (Lipinski definition) is 1. The van der Waals surface area contributed by atoms with Crippen LogP contribution in [-0.4, -0.2) is 59.9 Å². The van der Waals surface area contributed by atoms with Gasteiger partial charge in [-0.15, -0.1) is 0 Å². The maximum Gasteiger partial charge on any atom is 0.255 e. The fourth-order valence-corrected chi connectivity index (χ4v) is 3.06. The van der Waals surface area contributed by atoms with E-state index in [-0.39, 0.29) is 18.6 Å². The molecule has 0 radical (unpaired) electrons. The molecule has 1 aliphatic heterocycles. The minimum Gasteiger partial charge on any atom is -0.484 e. The maximum atomic E-state index is 12.4. The Bertz CT molecular complexity index is 734. The van der Waals surface area contributed by atoms with E-state index in [1.807, 2.05) is 0 Å². The average Bonchev–Trinajstić information content (AvgIpc) is 3.49. The third-order valence-electron chi connectivity index (χ3n) is 4.58. The molecule has 3 rings (SSSR count). The number of primary amides is 1. The number of hydrogen-bond acceptors (Lipinski definition) is 5. The molecule has 1 aromatic carbocycles. The average molecular weight is 354 g/mol. The van der Waals surface area contributed by atoms with Crippen molar-refractivity contribution in [2.45, 2.75) is 24.9 Å². The van der Waals surface area contributed by atoms with Crippen LogP contribution in [-0.2, 0) is 9.59 Å². The summed E-state index contributed by atoms with van der Waals surface area (Å²) in [6.07, 6.45) is 5.58. The highest BCUT2D eigenvalue weighted by atomic mass is 16.5. The molecule has 2 amide bonds. The molecule has 7 heteroatoms. The van der Waals surface area contributed by atoms with Crippen molar-refractivity contribution >= 4 is 17.9 Å². The number of nitriles is 1. The largest absolute Gasteiger partial charge is 0.484 e. The lowest BCUT2D eigenvalue weighted by Crippen LogP contribution is -2.54. The second-order valence-electron chi connectivity index (χ2n) is 6.56. The smallest absolute Gasteiger partial charge is 0.255 e. The Hall–Kier alpha value is -2.85. The number of carbonyl (C=O) groups excluding carboxylic acids is 2. The Morgan fingerprint density at radius 1 is 1.27 bits per heavy atom. The van der Waals surface area contributed by atoms with Gasteiger partial charge in [0.05, 0.1) is 6.07 Å². The lowest BCUT2D eigenvalue weighted by molar-refractivity contribution is -0.128. The Labute approximate surface area is 152 Å². The predicted molar refractivity (Wildman–Crippen MR) is 95.9 cm³/mol. The first-order valence-electron chi connectivity index (χ1n) is 8.70. The third kappa shape index (κ3) is 4.61. The topological polar surface area (TPSA) is 99.7 Å². The van der Waals surface area contributed by atoms with Gasteiger partial charge in [-0.3, -0.25) is 14.5 Å². The number of rotatable bonds is 6. The van der Waals surface area contributed by atoms with Gasteiger partial charge >= 0.3 is 0 Å². The summed E-state index contributed by atoms with van der Waals surface area (Å²) in [6.45, 7) is 1.70. The van der Waals surface area contributed by atoms with E-state index < -0.39 is 5.91 Å². The van der Waals surface area contributed by atoms with E-state index in [4.69, 9.17) is 10.5 Å². The van der Waals surface area contributed by atoms with E-state index in [1.54, 1.807) is 35.2 Å². The first-order chi connectivity index (χ1) is 12.6. The molecule has 0 bridgehead atoms. The normalized spacial score (nSPS) is 20.7. The van der Waals surface area contributed by atoms with Crippen LogP contribution in [0.25, 0.3) is 6.08 Å². The Balaban J connectivity index is 1.54. The Morgan fingerprint density at radius 2 is 2.00 bits per heavy atom. The van der Waals surface area contributed by atoms with Crippen molar-refractivity contribution in [2.75, 3.05) is 26.2 Å². The van der Waals surface area contributed by atoms with Gasteiger partial charge in [0.2, 0.25) is 5.91 Å². The number of benzene rings is 1. The summed E-state index contributed by atoms with van der Waals surface area (Å²) in [5.74, 6) is -0.0767. The van der Waals surface area contributed by atoms with Crippen molar-refractivity contribution in [3.05, 3.63) is 35.9 Å². The summed E-state index contributed by atoms with van der Waals surface area (Å²) in [5, 5.41) is 9.36. The van der Waals surface area contributed by atoms with Crippen molar-refractivity contribution in [1.29, 1.82) is 5.26 Å². The molecule has 0 spiro atoms. The van der Waals surface area contributed by atoms with Crippen molar-refractivity contribution in [3.8, 4) is 11.8 Å². The molecule has 2 fully saturated rings. The summed E-state index contributed by atoms with van der Waals surface area (Å²) in [4.78, 5) is 27.0. The maximum absolute atomic E-state index is 12.4. The Kier molecular flexibility index (Phi) is 5.54. The number of nitrogens with zero attached hydrogens (tertiary/aromatic N) is 3. The number of amides is 2. The summed E-state index contributed by atoms with van der Waals surface area (Å²) >= 11 is 0. The standard InChI is InChI=1S/C19H22N4O3/c20-11-16-12-22(9-10-23(16)15-4-5-15)19(25)8-3-14-1-6-17(7-2-14)26-13-18(21)24/h1-3,6-8,15-16H,4-5,9-10,12-13H2,(H2,21,24)/b8-3+. The van der Waals surface area contributed by atoms with Crippen molar-refractivity contribution < 1.29 is 14.3 Å². The zero-order valence-electron chi connectivity index (χ0n) is 14.5. The van der Waals surface area contributed by atoms with E-state index in [0.29, 0.717) is 24.9 Å². The Morgan fingerprint density at radius 3 is 2.62 bits per heavy atom. The molecule has 2 aliphatic rings. The van der Waals surface area contributed by atoms with Gasteiger partial charge in [-0.2, -0.15) is 5.26 Å². The van der Waals surface area contributed by atoms with Crippen LogP contribution in [0.2, 0.25) is 0 Å². The molecule has 1 aromatic rings. The van der Waals surface area contributed by atoms with Gasteiger partial charge < -0.3 is 15.4 Å². The van der Waals surface area contributed by atoms with E-state index in [9.17, 15) is 14.9 Å². The molecule has 26 heavy (non-hydrogen) atoms. The van der Waals surface area contributed by atoms with Crippen LogP contribution >= 0.6 is 0 Å². The van der Waals surface area contributed by atoms with Gasteiger partial charge in [0.25, 0.3) is 5.91 Å². The fourth-order valence-electron chi connectivity index (χ4n) is 3.06. The zero-order chi connectivity index (χ0) is 18.5. The fraction of sp³-hybridized carbons (Fsp3) is 0.421. The van der Waals surface area contributed by atoms with E-state index in [0.717, 1.165) is 24.9 Å². The summed E-state index contributed by atoms with van der Waals surface area (Å²) in [7, 11) is 0. The second-order valence-corrected chi connectivity index (χ2v) is 6.56. The molecular formula is C19H22N4O3. The second kappa shape index (κ2) is 8.02. The van der Waals surface area contributed by atoms with Crippen LogP contribution in [0.15, 0.2) is 30.3 Å². The number of carbonyl (C=O) groups is 2. The highest BCUT2D eigenvalue weighted by Crippen LogP contribution is 2.30. The van der Waals surface area contributed by atoms with Gasteiger partial charge in [0, 0.05) is 31.8 Å². The summed E-state index contributed by atoms with van der Waals surface area (Å²) in [5.41, 5.74) is 5.88. The van der Waals surface area contributed by atoms with Crippen molar-refractivity contribution in [1.82, 2.24) is 9.80 Å². The van der Waals surface area contributed by atoms with Gasteiger partial charge in [0.1, 0.15) is 11.8 Å². The van der Waals surface area contributed by atoms with Crippen LogP contribution in [0, 0.1) is 11.3 Å². The summed E-state index contributed by atoms with van der Waals surface area (Å²) < 4.78 is 5.19. The lowest BCUT2D eigenvalue weighted by Gasteiger charge is -2.38. The third-order valence-corrected chi connectivity index (χ3v) is 4.58. The first-order valence-corrected chi connectivity index (χ1v) is 8.70. The highest BCUT2D eigenvalue weighted by Gasteiger charge is 2.38. The van der Waals surface area contributed by atoms with Crippen LogP contribution in [0.1, 0.15) is 18.4 Å². The van der Waals surface area contributed by atoms with Crippen LogP contribution < -0.4 is 10.5 Å². The number of piperazine rings is 1. The zero-order valence-corrected chi connectivity index (χ0v) is 14.5. The van der Waals surface area contributed by atoms with Crippen molar-refractivity contribution in [2.24, 2.45) is 5.73 Å². The molecule has 1 heterocycles. The molecule has 1 saturated heterocycles. The molecule has 1 atom stereocenters. The monoisotopic (exact) mass is 354 g/mol. The van der Waals surface area contributed by atoms with Crippen LogP contribution in [0.4, 0.5) is 0 Å². The molecule has 0 aromatic heterocycles. The molecular weight excluding hydrogens is 332 g/mol. The summed E-state index contributed by atoms with van der Waals surface area (Å²) in [6, 6.07) is 9.66. The highest BCUT2D eigenvalue weighted by molar-refractivity contribution is 5.92. The number of ether oxygens (including phenoxy) is 1. The van der Waals surface area contributed by atoms with Gasteiger partial charge in [-0.25, -0.2) is 0 Å². The molecule has 136 valence electrons. The van der Waals surface area contributed by atoms with Crippen LogP contribution in [0.3, 0.4) is 0 Å². The van der Waals surface area contributed by atoms with Crippen molar-refractivity contribution in [3.63, 3.8) is 0 Å². The molecule has 1 saturated carbocycles. The van der Waals surface area contributed by atoms with Crippen LogP contribution in [0.5, 0.6) is 5.75 Å². The number of nitrogens with two attached hydrogens (primary N) is 1. The first kappa shape index (κ1) is 18.0. The SMILES string of the molecule is N#CC1CN(C(=O)/C=C/c2ccc(OCC(N)=O)cc2)CCN1C1CC1. The molecule has 1 aliphatic carbocycles. The predicted octanol–water partition coefficient (Wildman–Crippen LogP) is 0.763. The van der Waals surface area contributed by atoms with Gasteiger partial charge in [0.15, 0.2) is 6.61 Å². The van der Waals surface area contributed by atoms with Gasteiger partial charge in [-0.1, -0.05) is 12.1 Å². The molecule has 2 N–H and O–H groups in total. The molecule has 7 nitrogen and oxygen atoms in total. The van der Waals surface area contributed by atoms with Gasteiger partial charge in [-0.05, 0) is 36.6 Å². The van der Waals surface area contributed by atoms with E-state index >= 15 is 0 Å². The van der Waals surface area contributed by atoms with E-state index in [1.165, 1.54) is 6.08 Å². The quantitative estimate of drug-likeness (QED) is 0.761. The van der Waals surface area contributed by atoms with E-state index in [2.05, 4.69) is 11.0 Å². The minimum atomic E-state index is -0.531. The minimum absolute atomic E-state index is 0.0882. The lowest BCUT2D eigenvalue weighted by atomic mass is 10.1. The molecule has 1 unspecified atom stereocenters.